The third-order valence-electron chi connectivity index (χ3n) is 8.52. The third kappa shape index (κ3) is 12.9. The summed E-state index contributed by atoms with van der Waals surface area (Å²) in [4.78, 5) is 36.3. The second kappa shape index (κ2) is 20.1. The highest BCUT2D eigenvalue weighted by atomic mass is 32.1. The van der Waals surface area contributed by atoms with Crippen molar-refractivity contribution in [2.75, 3.05) is 27.4 Å². The highest BCUT2D eigenvalue weighted by Gasteiger charge is 2.51. The van der Waals surface area contributed by atoms with Crippen molar-refractivity contribution in [1.82, 2.24) is 4.57 Å². The molecule has 2 aromatic carbocycles. The molecular weight excluding hydrogens is 740 g/mol. The first kappa shape index (κ1) is 48.3. The zero-order valence-corrected chi connectivity index (χ0v) is 34.4. The zero-order valence-electron chi connectivity index (χ0n) is 33.6. The minimum atomic E-state index is -1.86. The van der Waals surface area contributed by atoms with E-state index in [2.05, 4.69) is 4.74 Å². The number of methoxy groups -OCH3 is 2. The van der Waals surface area contributed by atoms with E-state index in [0.717, 1.165) is 39.8 Å². The van der Waals surface area contributed by atoms with Gasteiger partial charge in [-0.1, -0.05) is 39.5 Å². The maximum Gasteiger partial charge on any atom is 0.506 e. The number of thiophene rings is 1. The van der Waals surface area contributed by atoms with Crippen LogP contribution in [-0.2, 0) is 28.3 Å². The Kier molecular flexibility index (Phi) is 17.3. The van der Waals surface area contributed by atoms with E-state index in [1.807, 2.05) is 65.8 Å². The molecule has 1 atom stereocenters. The predicted molar refractivity (Wildman–Crippen MR) is 223 cm³/mol. The van der Waals surface area contributed by atoms with Crippen LogP contribution >= 0.6 is 11.3 Å². The van der Waals surface area contributed by atoms with Gasteiger partial charge >= 0.3 is 32.3 Å². The van der Waals surface area contributed by atoms with Gasteiger partial charge in [-0.3, -0.25) is 4.57 Å². The Morgan fingerprint density at radius 3 is 1.98 bits per heavy atom. The molecule has 6 rings (SSSR count). The topological polar surface area (TPSA) is 204 Å². The second-order valence-corrected chi connectivity index (χ2v) is 16.5. The van der Waals surface area contributed by atoms with E-state index < -0.39 is 31.9 Å². The standard InChI is InChI=1S/C16H19BO4S.C15H18BNO6.C4H9NO.C3H9N.CH4/c1-15(2)16(3,4)21-17(20-15)11-7-6-10-8-13(14(18)19-5)22-12(10)9-11;1-15(2,3)23-14(19)17-11-7-10(13(18)22-4)6-5-9(11)8-12(17)16(20)21;5-4-1-2-6-3-4;1-3(2)4;/h6-9H,1-5H3;5-8,20-21H,1-4H3;4H,1-3,5H2;3H,4H2,1-2H3;1H4. The molecule has 0 saturated carbocycles. The monoisotopic (exact) mass is 799 g/mol. The molecular formula is C39H59B2N3O11S. The number of hydrogen-bond acceptors (Lipinski definition) is 14. The lowest BCUT2D eigenvalue weighted by atomic mass is 9.79. The van der Waals surface area contributed by atoms with E-state index in [1.165, 1.54) is 43.8 Å². The molecule has 6 N–H and O–H groups in total. The van der Waals surface area contributed by atoms with Crippen LogP contribution < -0.4 is 22.5 Å². The van der Waals surface area contributed by atoms with Crippen LogP contribution in [0.2, 0.25) is 0 Å². The fraction of sp³-hybridized carbons (Fsp3) is 0.513. The van der Waals surface area contributed by atoms with Gasteiger partial charge in [0.15, 0.2) is 0 Å². The molecule has 2 fully saturated rings. The number of carbonyl (C=O) groups is 3. The Bertz CT molecular complexity index is 1910. The number of fused-ring (bicyclic) bond motifs is 2. The van der Waals surface area contributed by atoms with Crippen molar-refractivity contribution in [3.63, 3.8) is 0 Å². The molecule has 308 valence electrons. The van der Waals surface area contributed by atoms with Crippen molar-refractivity contribution in [3.05, 3.63) is 59.0 Å². The summed E-state index contributed by atoms with van der Waals surface area (Å²) in [6.45, 7) is 18.7. The number of nitrogens with zero attached hydrogens (tertiary/aromatic N) is 1. The minimum Gasteiger partial charge on any atom is -0.465 e. The summed E-state index contributed by atoms with van der Waals surface area (Å²) in [6.07, 6.45) is 0.276. The summed E-state index contributed by atoms with van der Waals surface area (Å²) >= 11 is 1.42. The first-order chi connectivity index (χ1) is 25.5. The number of carbonyl (C=O) groups excluding carboxylic acids is 3. The molecule has 2 aromatic heterocycles. The maximum absolute atomic E-state index is 12.4. The SMILES string of the molecule is C.CC(C)N.COC(=O)c1cc2ccc(B3OC(C)(C)C(C)(C)O3)cc2s1.COC(=O)c1ccc2cc(B(O)O)n(C(=O)OC(C)(C)C)c2c1.NC1CCOC1. The summed E-state index contributed by atoms with van der Waals surface area (Å²) < 4.78 is 33.8. The first-order valence-corrected chi connectivity index (χ1v) is 18.7. The Hall–Kier alpha value is -3.80. The van der Waals surface area contributed by atoms with Gasteiger partial charge in [0, 0.05) is 17.3 Å². The van der Waals surface area contributed by atoms with Crippen LogP contribution in [0.4, 0.5) is 4.79 Å². The highest BCUT2D eigenvalue weighted by molar-refractivity contribution is 7.20. The molecule has 4 aromatic rings. The van der Waals surface area contributed by atoms with E-state index in [1.54, 1.807) is 26.8 Å². The largest absolute Gasteiger partial charge is 0.506 e. The van der Waals surface area contributed by atoms with Gasteiger partial charge in [-0.25, -0.2) is 14.4 Å². The van der Waals surface area contributed by atoms with Crippen molar-refractivity contribution in [1.29, 1.82) is 0 Å². The van der Waals surface area contributed by atoms with Crippen LogP contribution in [0.15, 0.2) is 48.5 Å². The average molecular weight is 800 g/mol. The Balaban J connectivity index is 0.000000306. The third-order valence-corrected chi connectivity index (χ3v) is 9.59. The van der Waals surface area contributed by atoms with Crippen molar-refractivity contribution in [2.24, 2.45) is 11.5 Å². The van der Waals surface area contributed by atoms with E-state index in [0.29, 0.717) is 27.9 Å². The van der Waals surface area contributed by atoms with Crippen LogP contribution in [0.25, 0.3) is 21.0 Å². The Morgan fingerprint density at radius 1 is 0.946 bits per heavy atom. The Morgan fingerprint density at radius 2 is 1.52 bits per heavy atom. The lowest BCUT2D eigenvalue weighted by Crippen LogP contribution is -2.41. The molecule has 0 bridgehead atoms. The van der Waals surface area contributed by atoms with Gasteiger partial charge in [-0.05, 0) is 107 Å². The van der Waals surface area contributed by atoms with Crippen LogP contribution in [-0.4, -0.2) is 103 Å². The van der Waals surface area contributed by atoms with E-state index in [9.17, 15) is 24.4 Å². The molecule has 0 aliphatic carbocycles. The fourth-order valence-electron chi connectivity index (χ4n) is 5.10. The molecule has 0 spiro atoms. The predicted octanol–water partition coefficient (Wildman–Crippen LogP) is 4.60. The molecule has 2 saturated heterocycles. The number of benzene rings is 2. The Labute approximate surface area is 335 Å². The van der Waals surface area contributed by atoms with Gasteiger partial charge < -0.3 is 49.8 Å². The summed E-state index contributed by atoms with van der Waals surface area (Å²) in [5, 5.41) is 20.6. The van der Waals surface area contributed by atoms with E-state index in [4.69, 9.17) is 35.0 Å². The molecule has 17 heteroatoms. The normalized spacial score (nSPS) is 16.7. The number of aromatic nitrogens is 1. The van der Waals surface area contributed by atoms with E-state index >= 15 is 0 Å². The van der Waals surface area contributed by atoms with Crippen LogP contribution in [0, 0.1) is 0 Å². The number of nitrogens with two attached hydrogens (primary N) is 2. The van der Waals surface area contributed by atoms with Crippen molar-refractivity contribution in [3.8, 4) is 0 Å². The molecule has 0 amide bonds. The lowest BCUT2D eigenvalue weighted by molar-refractivity contribution is 0.00578. The molecule has 2 aliphatic heterocycles. The van der Waals surface area contributed by atoms with Gasteiger partial charge in [0.1, 0.15) is 10.5 Å². The van der Waals surface area contributed by atoms with E-state index in [-0.39, 0.29) is 35.8 Å². The van der Waals surface area contributed by atoms with Gasteiger partial charge in [0.2, 0.25) is 0 Å². The van der Waals surface area contributed by atoms with Crippen molar-refractivity contribution in [2.45, 2.75) is 105 Å². The number of rotatable bonds is 4. The van der Waals surface area contributed by atoms with Gasteiger partial charge in [0.25, 0.3) is 0 Å². The van der Waals surface area contributed by atoms with Crippen LogP contribution in [0.1, 0.15) is 96.2 Å². The molecule has 1 unspecified atom stereocenters. The maximum atomic E-state index is 12.4. The summed E-state index contributed by atoms with van der Waals surface area (Å²) in [5.74, 6) is -0.867. The van der Waals surface area contributed by atoms with Gasteiger partial charge in [-0.2, -0.15) is 0 Å². The molecule has 4 heterocycles. The molecule has 56 heavy (non-hydrogen) atoms. The summed E-state index contributed by atoms with van der Waals surface area (Å²) in [6, 6.07) is 14.5. The first-order valence-electron chi connectivity index (χ1n) is 17.9. The highest BCUT2D eigenvalue weighted by Crippen LogP contribution is 2.37. The number of ether oxygens (including phenoxy) is 4. The fourth-order valence-corrected chi connectivity index (χ4v) is 6.13. The van der Waals surface area contributed by atoms with Gasteiger partial charge in [0.05, 0.1) is 48.7 Å². The smallest absolute Gasteiger partial charge is 0.465 e. The van der Waals surface area contributed by atoms with Crippen molar-refractivity contribution >= 4 is 75.7 Å². The quantitative estimate of drug-likeness (QED) is 0.127. The van der Waals surface area contributed by atoms with Crippen LogP contribution in [0.3, 0.4) is 0 Å². The second-order valence-electron chi connectivity index (χ2n) is 15.4. The average Bonchev–Trinajstić information content (AvgIpc) is 3.87. The number of hydrogen-bond donors (Lipinski definition) is 4. The molecule has 14 nitrogen and oxygen atoms in total. The van der Waals surface area contributed by atoms with Crippen molar-refractivity contribution < 1.29 is 52.7 Å². The van der Waals surface area contributed by atoms with Crippen LogP contribution in [0.5, 0.6) is 0 Å². The minimum absolute atomic E-state index is 0. The zero-order chi connectivity index (χ0) is 41.5. The summed E-state index contributed by atoms with van der Waals surface area (Å²) in [7, 11) is 0.389. The number of esters is 2. The summed E-state index contributed by atoms with van der Waals surface area (Å²) in [5.41, 5.74) is 10.5. The molecule has 2 aliphatic rings. The molecule has 0 radical (unpaired) electrons. The van der Waals surface area contributed by atoms with Gasteiger partial charge in [-0.15, -0.1) is 11.3 Å². The lowest BCUT2D eigenvalue weighted by Gasteiger charge is -2.32.